The van der Waals surface area contributed by atoms with Gasteiger partial charge in [0.2, 0.25) is 10.0 Å². The van der Waals surface area contributed by atoms with Crippen molar-refractivity contribution in [2.24, 2.45) is 0 Å². The minimum atomic E-state index is -3.56. The van der Waals surface area contributed by atoms with Crippen LogP contribution in [0.3, 0.4) is 0 Å². The maximum Gasteiger partial charge on any atom is 0.243 e. The highest BCUT2D eigenvalue weighted by Gasteiger charge is 2.30. The Bertz CT molecular complexity index is 867. The van der Waals surface area contributed by atoms with Gasteiger partial charge in [-0.2, -0.15) is 4.31 Å². The van der Waals surface area contributed by atoms with Crippen LogP contribution in [0.4, 0.5) is 0 Å². The van der Waals surface area contributed by atoms with Crippen LogP contribution < -0.4 is 9.47 Å². The standard InChI is InChI=1S/C20H23NO4S/c22-26(23,18-9-10-19-20(14-18)25-13-12-24-19)21-11-5-4-8-17(15-21)16-6-2-1-3-7-16/h1-3,6-7,9-10,14,17H,4-5,8,11-13,15H2. The third kappa shape index (κ3) is 3.44. The molecule has 138 valence electrons. The molecule has 4 rings (SSSR count). The molecule has 6 heteroatoms. The topological polar surface area (TPSA) is 55.8 Å². The van der Waals surface area contributed by atoms with Gasteiger partial charge in [0.05, 0.1) is 4.90 Å². The molecular formula is C20H23NO4S. The van der Waals surface area contributed by atoms with Gasteiger partial charge in [0.1, 0.15) is 13.2 Å². The Kier molecular flexibility index (Phi) is 4.87. The Balaban J connectivity index is 1.62. The molecule has 1 atom stereocenters. The third-order valence-corrected chi connectivity index (χ3v) is 6.92. The van der Waals surface area contributed by atoms with Crippen molar-refractivity contribution in [3.63, 3.8) is 0 Å². The lowest BCUT2D eigenvalue weighted by molar-refractivity contribution is 0.171. The maximum atomic E-state index is 13.2. The Morgan fingerprint density at radius 3 is 2.50 bits per heavy atom. The normalized spacial score (nSPS) is 21.2. The van der Waals surface area contributed by atoms with E-state index in [2.05, 4.69) is 12.1 Å². The molecule has 0 spiro atoms. The van der Waals surface area contributed by atoms with E-state index in [1.54, 1.807) is 22.5 Å². The summed E-state index contributed by atoms with van der Waals surface area (Å²) in [4.78, 5) is 0.274. The van der Waals surface area contributed by atoms with Crippen molar-refractivity contribution in [3.8, 4) is 11.5 Å². The number of ether oxygens (including phenoxy) is 2. The molecule has 0 radical (unpaired) electrons. The molecule has 0 aromatic heterocycles. The minimum Gasteiger partial charge on any atom is -0.486 e. The smallest absolute Gasteiger partial charge is 0.243 e. The lowest BCUT2D eigenvalue weighted by Crippen LogP contribution is -2.34. The second kappa shape index (κ2) is 7.29. The second-order valence-corrected chi connectivity index (χ2v) is 8.71. The zero-order chi connectivity index (χ0) is 18.0. The largest absolute Gasteiger partial charge is 0.486 e. The average Bonchev–Trinajstić information content (AvgIpc) is 2.95. The lowest BCUT2D eigenvalue weighted by atomic mass is 9.95. The second-order valence-electron chi connectivity index (χ2n) is 6.77. The van der Waals surface area contributed by atoms with E-state index in [0.717, 1.165) is 19.3 Å². The highest BCUT2D eigenvalue weighted by Crippen LogP contribution is 2.35. The van der Waals surface area contributed by atoms with E-state index >= 15 is 0 Å². The summed E-state index contributed by atoms with van der Waals surface area (Å²) in [6.07, 6.45) is 2.93. The summed E-state index contributed by atoms with van der Waals surface area (Å²) in [7, 11) is -3.56. The van der Waals surface area contributed by atoms with Crippen LogP contribution >= 0.6 is 0 Å². The summed E-state index contributed by atoms with van der Waals surface area (Å²) in [5.41, 5.74) is 1.21. The van der Waals surface area contributed by atoms with Crippen LogP contribution in [0.5, 0.6) is 11.5 Å². The van der Waals surface area contributed by atoms with E-state index in [9.17, 15) is 8.42 Å². The van der Waals surface area contributed by atoms with E-state index in [1.807, 2.05) is 18.2 Å². The van der Waals surface area contributed by atoms with Crippen molar-refractivity contribution in [2.75, 3.05) is 26.3 Å². The summed E-state index contributed by atoms with van der Waals surface area (Å²) in [6.45, 7) is 2.00. The molecule has 1 fully saturated rings. The summed E-state index contributed by atoms with van der Waals surface area (Å²) < 4.78 is 39.1. The van der Waals surface area contributed by atoms with Crippen molar-refractivity contribution in [1.29, 1.82) is 0 Å². The zero-order valence-corrected chi connectivity index (χ0v) is 15.5. The van der Waals surface area contributed by atoms with Crippen molar-refractivity contribution < 1.29 is 17.9 Å². The summed E-state index contributed by atoms with van der Waals surface area (Å²) in [5.74, 6) is 1.34. The Labute approximate surface area is 154 Å². The van der Waals surface area contributed by atoms with E-state index in [0.29, 0.717) is 37.8 Å². The van der Waals surface area contributed by atoms with Gasteiger partial charge >= 0.3 is 0 Å². The van der Waals surface area contributed by atoms with Gasteiger partial charge < -0.3 is 9.47 Å². The first-order valence-corrected chi connectivity index (χ1v) is 10.5. The van der Waals surface area contributed by atoms with Crippen LogP contribution in [-0.4, -0.2) is 39.0 Å². The molecule has 26 heavy (non-hydrogen) atoms. The van der Waals surface area contributed by atoms with Crippen LogP contribution in [0.15, 0.2) is 53.4 Å². The van der Waals surface area contributed by atoms with Gasteiger partial charge in [0.25, 0.3) is 0 Å². The Morgan fingerprint density at radius 2 is 1.69 bits per heavy atom. The number of fused-ring (bicyclic) bond motifs is 1. The number of nitrogens with zero attached hydrogens (tertiary/aromatic N) is 1. The molecule has 1 saturated heterocycles. The van der Waals surface area contributed by atoms with Crippen molar-refractivity contribution in [3.05, 3.63) is 54.1 Å². The molecule has 2 heterocycles. The van der Waals surface area contributed by atoms with Crippen LogP contribution in [0.2, 0.25) is 0 Å². The third-order valence-electron chi connectivity index (χ3n) is 5.06. The first-order chi connectivity index (χ1) is 12.6. The predicted molar refractivity (Wildman–Crippen MR) is 99.2 cm³/mol. The number of sulfonamides is 1. The lowest BCUT2D eigenvalue weighted by Gasteiger charge is -2.25. The van der Waals surface area contributed by atoms with Gasteiger partial charge in [0.15, 0.2) is 11.5 Å². The molecule has 2 aliphatic rings. The first-order valence-electron chi connectivity index (χ1n) is 9.09. The first kappa shape index (κ1) is 17.4. The van der Waals surface area contributed by atoms with Crippen LogP contribution in [0, 0.1) is 0 Å². The van der Waals surface area contributed by atoms with Crippen molar-refractivity contribution in [1.82, 2.24) is 4.31 Å². The van der Waals surface area contributed by atoms with E-state index in [-0.39, 0.29) is 10.8 Å². The van der Waals surface area contributed by atoms with Gasteiger partial charge in [-0.15, -0.1) is 0 Å². The fraction of sp³-hybridized carbons (Fsp3) is 0.400. The molecule has 0 bridgehead atoms. The quantitative estimate of drug-likeness (QED) is 0.827. The van der Waals surface area contributed by atoms with Crippen molar-refractivity contribution >= 4 is 10.0 Å². The number of hydrogen-bond acceptors (Lipinski definition) is 4. The predicted octanol–water partition coefficient (Wildman–Crippen LogP) is 3.42. The van der Waals surface area contributed by atoms with E-state index in [1.165, 1.54) is 5.56 Å². The molecule has 0 amide bonds. The molecule has 0 aliphatic carbocycles. The summed E-state index contributed by atoms with van der Waals surface area (Å²) >= 11 is 0. The molecule has 0 saturated carbocycles. The molecule has 2 aromatic rings. The number of benzene rings is 2. The van der Waals surface area contributed by atoms with Gasteiger partial charge in [-0.1, -0.05) is 36.8 Å². The average molecular weight is 373 g/mol. The molecule has 0 N–H and O–H groups in total. The Hall–Kier alpha value is -2.05. The molecule has 1 unspecified atom stereocenters. The monoisotopic (exact) mass is 373 g/mol. The Morgan fingerprint density at radius 1 is 0.923 bits per heavy atom. The molecular weight excluding hydrogens is 350 g/mol. The highest BCUT2D eigenvalue weighted by molar-refractivity contribution is 7.89. The van der Waals surface area contributed by atoms with Crippen molar-refractivity contribution in [2.45, 2.75) is 30.1 Å². The van der Waals surface area contributed by atoms with Gasteiger partial charge in [-0.3, -0.25) is 0 Å². The number of rotatable bonds is 3. The molecule has 2 aromatic carbocycles. The highest BCUT2D eigenvalue weighted by atomic mass is 32.2. The SMILES string of the molecule is O=S(=O)(c1ccc2c(c1)OCCO2)N1CCCCC(c2ccccc2)C1. The fourth-order valence-corrected chi connectivity index (χ4v) is 5.20. The fourth-order valence-electron chi connectivity index (χ4n) is 3.66. The van der Waals surface area contributed by atoms with E-state index in [4.69, 9.17) is 9.47 Å². The maximum absolute atomic E-state index is 13.2. The van der Waals surface area contributed by atoms with Gasteiger partial charge in [-0.25, -0.2) is 8.42 Å². The van der Waals surface area contributed by atoms with Crippen LogP contribution in [0.25, 0.3) is 0 Å². The molecule has 5 nitrogen and oxygen atoms in total. The van der Waals surface area contributed by atoms with Crippen LogP contribution in [-0.2, 0) is 10.0 Å². The van der Waals surface area contributed by atoms with E-state index < -0.39 is 10.0 Å². The number of hydrogen-bond donors (Lipinski definition) is 0. The molecule has 2 aliphatic heterocycles. The van der Waals surface area contributed by atoms with Gasteiger partial charge in [-0.05, 0) is 36.5 Å². The zero-order valence-electron chi connectivity index (χ0n) is 14.6. The van der Waals surface area contributed by atoms with Crippen LogP contribution in [0.1, 0.15) is 30.7 Å². The van der Waals surface area contributed by atoms with Gasteiger partial charge in [0, 0.05) is 19.2 Å². The minimum absolute atomic E-state index is 0.227. The summed E-state index contributed by atoms with van der Waals surface area (Å²) in [6, 6.07) is 15.1. The summed E-state index contributed by atoms with van der Waals surface area (Å²) in [5, 5.41) is 0.